The molecule has 1 aliphatic carbocycles. The standard InChI is InChI=1S/C21H25BrN4OS/c22-16-5-7-18(8-6-16)28-20-10-9-19(24-25-20)26-13-11-15(12-14-26)21(27)23-17-3-1-2-4-17/h5-10,15,17H,1-4,11-14H2,(H,23,27). The summed E-state index contributed by atoms with van der Waals surface area (Å²) in [5.41, 5.74) is 0. The SMILES string of the molecule is O=C(NC1CCCC1)C1CCN(c2ccc(Sc3ccc(Br)cc3)nn2)CC1. The summed E-state index contributed by atoms with van der Waals surface area (Å²) in [6, 6.07) is 12.6. The van der Waals surface area contributed by atoms with E-state index in [4.69, 9.17) is 0 Å². The topological polar surface area (TPSA) is 58.1 Å². The number of amides is 1. The van der Waals surface area contributed by atoms with Gasteiger partial charge in [-0.15, -0.1) is 10.2 Å². The maximum atomic E-state index is 12.5. The van der Waals surface area contributed by atoms with Crippen molar-refractivity contribution in [1.29, 1.82) is 0 Å². The molecule has 0 unspecified atom stereocenters. The minimum atomic E-state index is 0.136. The van der Waals surface area contributed by atoms with Crippen molar-refractivity contribution in [3.05, 3.63) is 40.9 Å². The monoisotopic (exact) mass is 460 g/mol. The van der Waals surface area contributed by atoms with Crippen molar-refractivity contribution in [1.82, 2.24) is 15.5 Å². The third kappa shape index (κ3) is 5.06. The summed E-state index contributed by atoms with van der Waals surface area (Å²) < 4.78 is 1.07. The smallest absolute Gasteiger partial charge is 0.223 e. The molecule has 0 spiro atoms. The first-order chi connectivity index (χ1) is 13.7. The number of aromatic nitrogens is 2. The van der Waals surface area contributed by atoms with E-state index in [2.05, 4.69) is 48.5 Å². The van der Waals surface area contributed by atoms with Gasteiger partial charge in [-0.25, -0.2) is 0 Å². The van der Waals surface area contributed by atoms with Crippen LogP contribution in [0.3, 0.4) is 0 Å². The van der Waals surface area contributed by atoms with Crippen LogP contribution in [0.25, 0.3) is 0 Å². The van der Waals surface area contributed by atoms with E-state index >= 15 is 0 Å². The van der Waals surface area contributed by atoms with E-state index in [-0.39, 0.29) is 11.8 Å². The second kappa shape index (κ2) is 9.27. The molecular weight excluding hydrogens is 436 g/mol. The van der Waals surface area contributed by atoms with Crippen LogP contribution in [0.15, 0.2) is 50.8 Å². The maximum absolute atomic E-state index is 12.5. The Labute approximate surface area is 178 Å². The van der Waals surface area contributed by atoms with Crippen molar-refractivity contribution >= 4 is 39.4 Å². The Morgan fingerprint density at radius 1 is 1.00 bits per heavy atom. The molecule has 0 atom stereocenters. The molecule has 5 nitrogen and oxygen atoms in total. The lowest BCUT2D eigenvalue weighted by Crippen LogP contribution is -2.43. The molecule has 28 heavy (non-hydrogen) atoms. The van der Waals surface area contributed by atoms with Crippen LogP contribution in [0.5, 0.6) is 0 Å². The van der Waals surface area contributed by atoms with Crippen LogP contribution >= 0.6 is 27.7 Å². The molecule has 2 aliphatic rings. The van der Waals surface area contributed by atoms with E-state index in [1.807, 2.05) is 24.3 Å². The fraction of sp³-hybridized carbons (Fsp3) is 0.476. The molecule has 1 aromatic heterocycles. The predicted octanol–water partition coefficient (Wildman–Crippen LogP) is 4.67. The van der Waals surface area contributed by atoms with Gasteiger partial charge >= 0.3 is 0 Å². The molecule has 1 amide bonds. The number of carbonyl (C=O) groups is 1. The Kier molecular flexibility index (Phi) is 6.52. The van der Waals surface area contributed by atoms with E-state index in [0.29, 0.717) is 6.04 Å². The number of hydrogen-bond acceptors (Lipinski definition) is 5. The summed E-state index contributed by atoms with van der Waals surface area (Å²) in [5.74, 6) is 1.28. The Bertz CT molecular complexity index is 785. The van der Waals surface area contributed by atoms with Gasteiger partial charge in [-0.1, -0.05) is 40.5 Å². The van der Waals surface area contributed by atoms with E-state index in [9.17, 15) is 4.79 Å². The quantitative estimate of drug-likeness (QED) is 0.702. The molecule has 0 radical (unpaired) electrons. The molecular formula is C21H25BrN4OS. The van der Waals surface area contributed by atoms with Crippen LogP contribution in [-0.4, -0.2) is 35.2 Å². The first-order valence-corrected chi connectivity index (χ1v) is 11.6. The van der Waals surface area contributed by atoms with Gasteiger partial charge in [-0.05, 0) is 62.1 Å². The highest BCUT2D eigenvalue weighted by Crippen LogP contribution is 2.28. The normalized spacial score (nSPS) is 18.4. The molecule has 1 aliphatic heterocycles. The zero-order valence-electron chi connectivity index (χ0n) is 15.8. The first-order valence-electron chi connectivity index (χ1n) is 10.00. The van der Waals surface area contributed by atoms with E-state index in [0.717, 1.165) is 59.0 Å². The number of halogens is 1. The van der Waals surface area contributed by atoms with Gasteiger partial charge in [0, 0.05) is 34.4 Å². The number of nitrogens with one attached hydrogen (secondary N) is 1. The van der Waals surface area contributed by atoms with Crippen molar-refractivity contribution in [2.24, 2.45) is 5.92 Å². The zero-order chi connectivity index (χ0) is 19.3. The molecule has 0 bridgehead atoms. The van der Waals surface area contributed by atoms with Crippen molar-refractivity contribution in [3.8, 4) is 0 Å². The van der Waals surface area contributed by atoms with Crippen LogP contribution in [0, 0.1) is 5.92 Å². The van der Waals surface area contributed by atoms with Gasteiger partial charge in [0.25, 0.3) is 0 Å². The number of carbonyl (C=O) groups excluding carboxylic acids is 1. The highest BCUT2D eigenvalue weighted by molar-refractivity contribution is 9.10. The van der Waals surface area contributed by atoms with Crippen molar-refractivity contribution in [3.63, 3.8) is 0 Å². The van der Waals surface area contributed by atoms with Crippen molar-refractivity contribution in [2.45, 2.75) is 54.5 Å². The van der Waals surface area contributed by atoms with Gasteiger partial charge in [0.2, 0.25) is 5.91 Å². The third-order valence-electron chi connectivity index (χ3n) is 5.55. The number of piperidine rings is 1. The zero-order valence-corrected chi connectivity index (χ0v) is 18.2. The first kappa shape index (κ1) is 19.7. The van der Waals surface area contributed by atoms with Crippen LogP contribution in [0.2, 0.25) is 0 Å². The fourth-order valence-electron chi connectivity index (χ4n) is 3.92. The van der Waals surface area contributed by atoms with Crippen molar-refractivity contribution < 1.29 is 4.79 Å². The maximum Gasteiger partial charge on any atom is 0.223 e. The van der Waals surface area contributed by atoms with E-state index < -0.39 is 0 Å². The molecule has 1 saturated heterocycles. The number of rotatable bonds is 5. The fourth-order valence-corrected chi connectivity index (χ4v) is 4.92. The van der Waals surface area contributed by atoms with Gasteiger partial charge < -0.3 is 10.2 Å². The molecule has 1 N–H and O–H groups in total. The lowest BCUT2D eigenvalue weighted by Gasteiger charge is -2.32. The Morgan fingerprint density at radius 2 is 1.71 bits per heavy atom. The van der Waals surface area contributed by atoms with Crippen LogP contribution in [0.1, 0.15) is 38.5 Å². The summed E-state index contributed by atoms with van der Waals surface area (Å²) in [6.07, 6.45) is 6.55. The summed E-state index contributed by atoms with van der Waals surface area (Å²) in [5, 5.41) is 12.9. The minimum Gasteiger partial charge on any atom is -0.355 e. The van der Waals surface area contributed by atoms with Crippen LogP contribution < -0.4 is 10.2 Å². The summed E-state index contributed by atoms with van der Waals surface area (Å²) in [6.45, 7) is 1.72. The molecule has 2 heterocycles. The Balaban J connectivity index is 1.28. The van der Waals surface area contributed by atoms with Gasteiger partial charge in [0.15, 0.2) is 5.82 Å². The third-order valence-corrected chi connectivity index (χ3v) is 7.02. The second-order valence-electron chi connectivity index (χ2n) is 7.54. The molecule has 7 heteroatoms. The highest BCUT2D eigenvalue weighted by Gasteiger charge is 2.28. The number of benzene rings is 1. The number of nitrogens with zero attached hydrogens (tertiary/aromatic N) is 3. The summed E-state index contributed by atoms with van der Waals surface area (Å²) >= 11 is 5.06. The summed E-state index contributed by atoms with van der Waals surface area (Å²) in [7, 11) is 0. The number of anilines is 1. The Hall–Kier alpha value is -1.60. The molecule has 2 fully saturated rings. The molecule has 2 aromatic rings. The van der Waals surface area contributed by atoms with E-state index in [1.165, 1.54) is 12.8 Å². The lowest BCUT2D eigenvalue weighted by atomic mass is 9.95. The Morgan fingerprint density at radius 3 is 2.36 bits per heavy atom. The van der Waals surface area contributed by atoms with Gasteiger partial charge in [0.05, 0.1) is 0 Å². The van der Waals surface area contributed by atoms with Gasteiger partial charge in [-0.3, -0.25) is 4.79 Å². The minimum absolute atomic E-state index is 0.136. The predicted molar refractivity (Wildman–Crippen MR) is 116 cm³/mol. The average molecular weight is 461 g/mol. The average Bonchev–Trinajstić information content (AvgIpc) is 3.23. The largest absolute Gasteiger partial charge is 0.355 e. The van der Waals surface area contributed by atoms with E-state index in [1.54, 1.807) is 11.8 Å². The van der Waals surface area contributed by atoms with Gasteiger partial charge in [-0.2, -0.15) is 0 Å². The van der Waals surface area contributed by atoms with Crippen LogP contribution in [-0.2, 0) is 4.79 Å². The highest BCUT2D eigenvalue weighted by atomic mass is 79.9. The molecule has 1 saturated carbocycles. The summed E-state index contributed by atoms with van der Waals surface area (Å²) in [4.78, 5) is 15.8. The molecule has 1 aromatic carbocycles. The van der Waals surface area contributed by atoms with Crippen molar-refractivity contribution in [2.75, 3.05) is 18.0 Å². The number of hydrogen-bond donors (Lipinski definition) is 1. The lowest BCUT2D eigenvalue weighted by molar-refractivity contribution is -0.126. The molecule has 148 valence electrons. The second-order valence-corrected chi connectivity index (χ2v) is 9.55. The van der Waals surface area contributed by atoms with Crippen LogP contribution in [0.4, 0.5) is 5.82 Å². The van der Waals surface area contributed by atoms with Gasteiger partial charge in [0.1, 0.15) is 5.03 Å². The molecule has 4 rings (SSSR count).